The molecule has 0 N–H and O–H groups in total. The Morgan fingerprint density at radius 3 is 1.33 bits per heavy atom. The highest BCUT2D eigenvalue weighted by Crippen LogP contribution is 2.40. The van der Waals surface area contributed by atoms with Crippen molar-refractivity contribution in [3.63, 3.8) is 0 Å². The van der Waals surface area contributed by atoms with Crippen LogP contribution in [-0.2, 0) is 24.6 Å². The largest absolute Gasteiger partial charge is 0.361 e. The third-order valence-corrected chi connectivity index (χ3v) is 6.29. The normalized spacial score (nSPS) is 12.0. The first-order chi connectivity index (χ1) is 16.0. The Morgan fingerprint density at radius 2 is 0.939 bits per heavy atom. The molecule has 176 valence electrons. The molecule has 33 heavy (non-hydrogen) atoms. The Kier molecular flexibility index (Phi) is 9.67. The number of benzene rings is 3. The molecule has 5 heteroatoms. The van der Waals surface area contributed by atoms with E-state index < -0.39 is 15.7 Å². The average molecular weight is 467 g/mol. The van der Waals surface area contributed by atoms with Gasteiger partial charge in [0, 0.05) is 6.61 Å². The average Bonchev–Trinajstić information content (AvgIpc) is 2.84. The topological polar surface area (TPSA) is 52.6 Å². The fourth-order valence-electron chi connectivity index (χ4n) is 4.12. The summed E-state index contributed by atoms with van der Waals surface area (Å²) in [6.07, 6.45) is 7.02. The summed E-state index contributed by atoms with van der Waals surface area (Å²) in [6.45, 7) is 0.922. The van der Waals surface area contributed by atoms with E-state index in [9.17, 15) is 8.42 Å². The third-order valence-electron chi connectivity index (χ3n) is 5.70. The molecule has 0 spiro atoms. The molecular weight excluding hydrogens is 432 g/mol. The quantitative estimate of drug-likeness (QED) is 0.159. The molecule has 0 aliphatic carbocycles. The van der Waals surface area contributed by atoms with E-state index >= 15 is 0 Å². The van der Waals surface area contributed by atoms with E-state index in [0.717, 1.165) is 61.5 Å². The summed E-state index contributed by atoms with van der Waals surface area (Å²) in [6, 6.07) is 31.3. The Bertz CT molecular complexity index is 938. The van der Waals surface area contributed by atoms with E-state index in [1.165, 1.54) is 0 Å². The molecule has 0 aromatic heterocycles. The van der Waals surface area contributed by atoms with Crippen LogP contribution in [0.2, 0.25) is 0 Å². The molecule has 0 fully saturated rings. The minimum Gasteiger partial charge on any atom is -0.361 e. The Morgan fingerprint density at radius 1 is 0.576 bits per heavy atom. The summed E-state index contributed by atoms with van der Waals surface area (Å²) in [5.41, 5.74) is 2.70. The van der Waals surface area contributed by atoms with Crippen molar-refractivity contribution in [1.29, 1.82) is 0 Å². The first-order valence-corrected chi connectivity index (χ1v) is 13.5. The standard InChI is InChI=1S/C28H34O4S/c1-33(29,30)32-24-16-5-3-2-4-15-23-31-28(25-17-9-6-10-18-25,26-19-11-7-12-20-26)27-21-13-8-14-22-27/h6-14,17-22H,2-5,15-16,23-24H2,1H3. The van der Waals surface area contributed by atoms with Crippen LogP contribution in [0.15, 0.2) is 91.0 Å². The molecule has 0 amide bonds. The van der Waals surface area contributed by atoms with Crippen LogP contribution in [0.3, 0.4) is 0 Å². The molecule has 0 aliphatic heterocycles. The van der Waals surface area contributed by atoms with Gasteiger partial charge in [-0.05, 0) is 29.5 Å². The van der Waals surface area contributed by atoms with Gasteiger partial charge < -0.3 is 4.74 Å². The lowest BCUT2D eigenvalue weighted by Gasteiger charge is -2.36. The monoisotopic (exact) mass is 466 g/mol. The summed E-state index contributed by atoms with van der Waals surface area (Å²) in [4.78, 5) is 0. The highest BCUT2D eigenvalue weighted by Gasteiger charge is 2.37. The van der Waals surface area contributed by atoms with Gasteiger partial charge in [-0.25, -0.2) is 0 Å². The zero-order valence-corrected chi connectivity index (χ0v) is 20.2. The van der Waals surface area contributed by atoms with E-state index in [-0.39, 0.29) is 6.61 Å². The number of ether oxygens (including phenoxy) is 1. The molecule has 0 unspecified atom stereocenters. The van der Waals surface area contributed by atoms with Crippen molar-refractivity contribution in [1.82, 2.24) is 0 Å². The van der Waals surface area contributed by atoms with Crippen molar-refractivity contribution in [3.8, 4) is 0 Å². The van der Waals surface area contributed by atoms with Gasteiger partial charge in [-0.15, -0.1) is 0 Å². The number of rotatable bonds is 14. The minimum atomic E-state index is -3.33. The highest BCUT2D eigenvalue weighted by atomic mass is 32.2. The minimum absolute atomic E-state index is 0.274. The lowest BCUT2D eigenvalue weighted by Crippen LogP contribution is -2.33. The van der Waals surface area contributed by atoms with Crippen LogP contribution in [0.5, 0.6) is 0 Å². The molecule has 0 saturated carbocycles. The molecule has 0 atom stereocenters. The van der Waals surface area contributed by atoms with E-state index in [0.29, 0.717) is 6.61 Å². The number of hydrogen-bond acceptors (Lipinski definition) is 4. The highest BCUT2D eigenvalue weighted by molar-refractivity contribution is 7.85. The van der Waals surface area contributed by atoms with Crippen molar-refractivity contribution in [2.75, 3.05) is 19.5 Å². The van der Waals surface area contributed by atoms with Crippen molar-refractivity contribution >= 4 is 10.1 Å². The van der Waals surface area contributed by atoms with E-state index in [1.807, 2.05) is 18.2 Å². The maximum Gasteiger partial charge on any atom is 0.264 e. The van der Waals surface area contributed by atoms with Crippen LogP contribution in [-0.4, -0.2) is 27.9 Å². The summed E-state index contributed by atoms with van der Waals surface area (Å²) < 4.78 is 33.6. The van der Waals surface area contributed by atoms with Gasteiger partial charge in [-0.2, -0.15) is 8.42 Å². The Hall–Kier alpha value is -2.47. The van der Waals surface area contributed by atoms with Crippen molar-refractivity contribution in [2.24, 2.45) is 0 Å². The van der Waals surface area contributed by atoms with Crippen molar-refractivity contribution in [2.45, 2.75) is 44.1 Å². The van der Waals surface area contributed by atoms with Gasteiger partial charge >= 0.3 is 0 Å². The molecule has 3 aromatic rings. The fourth-order valence-corrected chi connectivity index (χ4v) is 4.54. The molecule has 3 aromatic carbocycles. The van der Waals surface area contributed by atoms with Crippen molar-refractivity contribution < 1.29 is 17.3 Å². The summed E-state index contributed by atoms with van der Waals surface area (Å²) in [7, 11) is -3.33. The predicted octanol–water partition coefficient (Wildman–Crippen LogP) is 6.31. The first-order valence-electron chi connectivity index (χ1n) is 11.7. The fraction of sp³-hybridized carbons (Fsp3) is 0.357. The van der Waals surface area contributed by atoms with Crippen molar-refractivity contribution in [3.05, 3.63) is 108 Å². The van der Waals surface area contributed by atoms with Gasteiger partial charge in [0.05, 0.1) is 12.9 Å². The number of hydrogen-bond donors (Lipinski definition) is 0. The van der Waals surface area contributed by atoms with E-state index in [4.69, 9.17) is 8.92 Å². The van der Waals surface area contributed by atoms with Crippen LogP contribution >= 0.6 is 0 Å². The van der Waals surface area contributed by atoms with E-state index in [1.54, 1.807) is 0 Å². The molecule has 0 bridgehead atoms. The molecule has 4 nitrogen and oxygen atoms in total. The van der Waals surface area contributed by atoms with Gasteiger partial charge in [0.1, 0.15) is 5.60 Å². The maximum absolute atomic E-state index is 11.0. The van der Waals surface area contributed by atoms with Crippen LogP contribution in [0.4, 0.5) is 0 Å². The molecule has 0 saturated heterocycles. The van der Waals surface area contributed by atoms with Gasteiger partial charge in [-0.1, -0.05) is 117 Å². The van der Waals surface area contributed by atoms with Gasteiger partial charge in [0.25, 0.3) is 10.1 Å². The summed E-state index contributed by atoms with van der Waals surface area (Å²) >= 11 is 0. The molecule has 0 radical (unpaired) electrons. The smallest absolute Gasteiger partial charge is 0.264 e. The van der Waals surface area contributed by atoms with Crippen LogP contribution in [0.1, 0.15) is 55.2 Å². The SMILES string of the molecule is CS(=O)(=O)OCCCCCCCCOC(c1ccccc1)(c1ccccc1)c1ccccc1. The lowest BCUT2D eigenvalue weighted by molar-refractivity contribution is 0.0106. The van der Waals surface area contributed by atoms with E-state index in [2.05, 4.69) is 72.8 Å². The number of unbranched alkanes of at least 4 members (excludes halogenated alkanes) is 5. The molecule has 0 heterocycles. The third kappa shape index (κ3) is 7.53. The van der Waals surface area contributed by atoms with Gasteiger partial charge in [0.2, 0.25) is 0 Å². The summed E-state index contributed by atoms with van der Waals surface area (Å²) in [5, 5.41) is 0. The molecule has 0 aliphatic rings. The van der Waals surface area contributed by atoms with Gasteiger partial charge in [0.15, 0.2) is 0 Å². The Balaban J connectivity index is 1.63. The van der Waals surface area contributed by atoms with Crippen LogP contribution < -0.4 is 0 Å². The second kappa shape index (κ2) is 12.7. The van der Waals surface area contributed by atoms with Gasteiger partial charge in [-0.3, -0.25) is 4.18 Å². The maximum atomic E-state index is 11.0. The Labute approximate surface area is 198 Å². The predicted molar refractivity (Wildman–Crippen MR) is 134 cm³/mol. The summed E-state index contributed by atoms with van der Waals surface area (Å²) in [5.74, 6) is 0. The zero-order valence-electron chi connectivity index (χ0n) is 19.4. The second-order valence-electron chi connectivity index (χ2n) is 8.28. The van der Waals surface area contributed by atoms with Crippen LogP contribution in [0, 0.1) is 0 Å². The first kappa shape index (κ1) is 25.2. The molecular formula is C28H34O4S. The van der Waals surface area contributed by atoms with Crippen LogP contribution in [0.25, 0.3) is 0 Å². The zero-order chi connectivity index (χ0) is 23.4. The molecule has 3 rings (SSSR count). The lowest BCUT2D eigenvalue weighted by atomic mass is 9.80. The second-order valence-corrected chi connectivity index (χ2v) is 9.92.